The number of carbonyl (C=O) groups is 1. The van der Waals surface area contributed by atoms with Crippen LogP contribution in [0.1, 0.15) is 36.1 Å². The van der Waals surface area contributed by atoms with Crippen LogP contribution in [0.5, 0.6) is 5.75 Å². The Labute approximate surface area is 177 Å². The van der Waals surface area contributed by atoms with Gasteiger partial charge in [-0.2, -0.15) is 0 Å². The second-order valence-electron chi connectivity index (χ2n) is 7.08. The maximum Gasteiger partial charge on any atom is 0.261 e. The highest BCUT2D eigenvalue weighted by Gasteiger charge is 2.33. The summed E-state index contributed by atoms with van der Waals surface area (Å²) in [5.41, 5.74) is 1.04. The number of hydrogen-bond donors (Lipinski definition) is 0. The lowest BCUT2D eigenvalue weighted by Gasteiger charge is -2.22. The summed E-state index contributed by atoms with van der Waals surface area (Å²) in [6.07, 6.45) is 3.75. The van der Waals surface area contributed by atoms with Gasteiger partial charge in [0.05, 0.1) is 6.20 Å². The first-order chi connectivity index (χ1) is 14.5. The molecule has 1 atom stereocenters. The number of hydrogen-bond acceptors (Lipinski definition) is 4. The number of amides is 1. The third-order valence-electron chi connectivity index (χ3n) is 4.97. The van der Waals surface area contributed by atoms with Crippen molar-refractivity contribution in [3.8, 4) is 5.75 Å². The second-order valence-corrected chi connectivity index (χ2v) is 7.51. The Morgan fingerprint density at radius 2 is 2.03 bits per heavy atom. The fraction of sp³-hybridized carbons (Fsp3) is 0.273. The van der Waals surface area contributed by atoms with Gasteiger partial charge in [0.1, 0.15) is 17.6 Å². The number of oxazole rings is 1. The summed E-state index contributed by atoms with van der Waals surface area (Å²) in [6, 6.07) is 10.1. The predicted octanol–water partition coefficient (Wildman–Crippen LogP) is 4.94. The molecule has 0 unspecified atom stereocenters. The van der Waals surface area contributed by atoms with Crippen LogP contribution in [0.15, 0.2) is 53.1 Å². The first kappa shape index (κ1) is 20.3. The second kappa shape index (κ2) is 8.83. The van der Waals surface area contributed by atoms with Crippen molar-refractivity contribution in [2.75, 3.05) is 13.2 Å². The monoisotopic (exact) mass is 432 g/mol. The molecular formula is C22H19ClF2N2O3. The van der Waals surface area contributed by atoms with E-state index in [-0.39, 0.29) is 24.3 Å². The first-order valence-electron chi connectivity index (χ1n) is 9.56. The standard InChI is InChI=1S/C22H19ClF2N2O3/c23-15-5-3-14(4-6-15)10-17-12-26-22(30-17)19-2-1-9-27(19)21(28)13-29-20-8-7-16(24)11-18(20)25/h3-8,11-12,19H,1-2,9-10,13H2/t19-/m0/s1. The number of likely N-dealkylation sites (tertiary alicyclic amines) is 1. The number of carbonyl (C=O) groups excluding carboxylic acids is 1. The third kappa shape index (κ3) is 4.62. The fourth-order valence-corrected chi connectivity index (χ4v) is 3.62. The molecule has 3 aromatic rings. The van der Waals surface area contributed by atoms with Crippen LogP contribution in [0.2, 0.25) is 5.02 Å². The summed E-state index contributed by atoms with van der Waals surface area (Å²) in [6.45, 7) is 0.186. The largest absolute Gasteiger partial charge is 0.481 e. The van der Waals surface area contributed by atoms with E-state index in [2.05, 4.69) is 4.98 Å². The molecule has 1 saturated heterocycles. The topological polar surface area (TPSA) is 55.6 Å². The minimum atomic E-state index is -0.847. The van der Waals surface area contributed by atoms with Crippen molar-refractivity contribution >= 4 is 17.5 Å². The molecule has 1 fully saturated rings. The van der Waals surface area contributed by atoms with E-state index in [0.717, 1.165) is 30.5 Å². The van der Waals surface area contributed by atoms with Crippen LogP contribution in [0.3, 0.4) is 0 Å². The van der Waals surface area contributed by atoms with Crippen LogP contribution >= 0.6 is 11.6 Å². The maximum atomic E-state index is 13.7. The quantitative estimate of drug-likeness (QED) is 0.553. The van der Waals surface area contributed by atoms with Gasteiger partial charge in [0, 0.05) is 24.1 Å². The van der Waals surface area contributed by atoms with E-state index < -0.39 is 11.6 Å². The molecule has 0 N–H and O–H groups in total. The average molecular weight is 433 g/mol. The molecular weight excluding hydrogens is 414 g/mol. The molecule has 0 aliphatic carbocycles. The predicted molar refractivity (Wildman–Crippen MR) is 106 cm³/mol. The van der Waals surface area contributed by atoms with E-state index in [9.17, 15) is 13.6 Å². The lowest BCUT2D eigenvalue weighted by Crippen LogP contribution is -2.34. The summed E-state index contributed by atoms with van der Waals surface area (Å²) in [5.74, 6) is -0.862. The van der Waals surface area contributed by atoms with Gasteiger partial charge in [-0.3, -0.25) is 4.79 Å². The number of ether oxygens (including phenoxy) is 1. The Balaban J connectivity index is 1.40. The van der Waals surface area contributed by atoms with E-state index in [1.165, 1.54) is 0 Å². The van der Waals surface area contributed by atoms with Crippen molar-refractivity contribution in [3.63, 3.8) is 0 Å². The molecule has 4 rings (SSSR count). The van der Waals surface area contributed by atoms with Crippen LogP contribution in [0.4, 0.5) is 8.78 Å². The van der Waals surface area contributed by atoms with E-state index in [4.69, 9.17) is 20.8 Å². The minimum absolute atomic E-state index is 0.165. The molecule has 1 amide bonds. The lowest BCUT2D eigenvalue weighted by atomic mass is 10.1. The molecule has 30 heavy (non-hydrogen) atoms. The summed E-state index contributed by atoms with van der Waals surface area (Å²) >= 11 is 5.91. The highest BCUT2D eigenvalue weighted by Crippen LogP contribution is 2.32. The van der Waals surface area contributed by atoms with E-state index in [1.54, 1.807) is 11.1 Å². The van der Waals surface area contributed by atoms with Crippen molar-refractivity contribution in [1.29, 1.82) is 0 Å². The van der Waals surface area contributed by atoms with Gasteiger partial charge in [-0.15, -0.1) is 0 Å². The smallest absolute Gasteiger partial charge is 0.261 e. The molecule has 1 aliphatic rings. The van der Waals surface area contributed by atoms with Gasteiger partial charge in [0.2, 0.25) is 5.89 Å². The molecule has 0 spiro atoms. The summed E-state index contributed by atoms with van der Waals surface area (Å²) in [7, 11) is 0. The van der Waals surface area contributed by atoms with Crippen LogP contribution in [0.25, 0.3) is 0 Å². The number of halogens is 3. The van der Waals surface area contributed by atoms with Crippen molar-refractivity contribution < 1.29 is 22.7 Å². The number of aromatic nitrogens is 1. The molecule has 0 radical (unpaired) electrons. The molecule has 1 aliphatic heterocycles. The van der Waals surface area contributed by atoms with E-state index in [1.807, 2.05) is 24.3 Å². The normalized spacial score (nSPS) is 16.1. The van der Waals surface area contributed by atoms with Crippen LogP contribution in [-0.4, -0.2) is 28.9 Å². The SMILES string of the molecule is O=C(COc1ccc(F)cc1F)N1CCC[C@H]1c1ncc(Cc2ccc(Cl)cc2)o1. The zero-order valence-corrected chi connectivity index (χ0v) is 16.7. The maximum absolute atomic E-state index is 13.7. The van der Waals surface area contributed by atoms with E-state index >= 15 is 0 Å². The van der Waals surface area contributed by atoms with Gasteiger partial charge in [-0.05, 0) is 42.7 Å². The number of benzene rings is 2. The zero-order chi connectivity index (χ0) is 21.1. The molecule has 2 aromatic carbocycles. The number of nitrogens with zero attached hydrogens (tertiary/aromatic N) is 2. The molecule has 1 aromatic heterocycles. The Bertz CT molecular complexity index is 1040. The van der Waals surface area contributed by atoms with Crippen LogP contribution in [0, 0.1) is 11.6 Å². The van der Waals surface area contributed by atoms with Crippen LogP contribution in [-0.2, 0) is 11.2 Å². The van der Waals surface area contributed by atoms with Crippen molar-refractivity contribution in [2.45, 2.75) is 25.3 Å². The summed E-state index contributed by atoms with van der Waals surface area (Å²) in [4.78, 5) is 18.6. The van der Waals surface area contributed by atoms with Crippen molar-refractivity contribution in [2.24, 2.45) is 0 Å². The third-order valence-corrected chi connectivity index (χ3v) is 5.22. The Morgan fingerprint density at radius 1 is 1.23 bits per heavy atom. The van der Waals surface area contributed by atoms with Crippen molar-refractivity contribution in [1.82, 2.24) is 9.88 Å². The number of rotatable bonds is 6. The Kier molecular flexibility index (Phi) is 5.99. The molecule has 2 heterocycles. The highest BCUT2D eigenvalue weighted by atomic mass is 35.5. The summed E-state index contributed by atoms with van der Waals surface area (Å²) in [5, 5.41) is 0.667. The minimum Gasteiger partial charge on any atom is -0.481 e. The van der Waals surface area contributed by atoms with Gasteiger partial charge in [-0.1, -0.05) is 23.7 Å². The lowest BCUT2D eigenvalue weighted by molar-refractivity contribution is -0.134. The van der Waals surface area contributed by atoms with E-state index in [0.29, 0.717) is 35.7 Å². The van der Waals surface area contributed by atoms with Gasteiger partial charge in [0.15, 0.2) is 18.2 Å². The summed E-state index contributed by atoms with van der Waals surface area (Å²) < 4.78 is 37.8. The molecule has 0 bridgehead atoms. The highest BCUT2D eigenvalue weighted by molar-refractivity contribution is 6.30. The first-order valence-corrected chi connectivity index (χ1v) is 9.94. The van der Waals surface area contributed by atoms with Crippen molar-refractivity contribution in [3.05, 3.63) is 82.5 Å². The van der Waals surface area contributed by atoms with Gasteiger partial charge >= 0.3 is 0 Å². The molecule has 156 valence electrons. The average Bonchev–Trinajstić information content (AvgIpc) is 3.38. The zero-order valence-electron chi connectivity index (χ0n) is 16.0. The van der Waals surface area contributed by atoms with Gasteiger partial charge in [0.25, 0.3) is 5.91 Å². The Morgan fingerprint density at radius 3 is 2.80 bits per heavy atom. The molecule has 0 saturated carbocycles. The molecule has 5 nitrogen and oxygen atoms in total. The van der Waals surface area contributed by atoms with Gasteiger partial charge < -0.3 is 14.1 Å². The fourth-order valence-electron chi connectivity index (χ4n) is 3.50. The van der Waals surface area contributed by atoms with Crippen LogP contribution < -0.4 is 4.74 Å². The Hall–Kier alpha value is -2.93. The molecule has 8 heteroatoms. The van der Waals surface area contributed by atoms with Gasteiger partial charge in [-0.25, -0.2) is 13.8 Å².